The van der Waals surface area contributed by atoms with Crippen molar-refractivity contribution in [1.29, 1.82) is 0 Å². The van der Waals surface area contributed by atoms with Crippen molar-refractivity contribution in [3.63, 3.8) is 0 Å². The fraction of sp³-hybridized carbons (Fsp3) is 0.316. The Labute approximate surface area is 141 Å². The average molecular weight is 323 g/mol. The van der Waals surface area contributed by atoms with E-state index in [1.54, 1.807) is 18.2 Å². The highest BCUT2D eigenvalue weighted by Gasteiger charge is 2.24. The zero-order valence-electron chi connectivity index (χ0n) is 13.8. The highest BCUT2D eigenvalue weighted by molar-refractivity contribution is 6.05. The zero-order valence-corrected chi connectivity index (χ0v) is 13.8. The minimum absolute atomic E-state index is 0.102. The number of aromatic nitrogens is 1. The number of hydrogen-bond donors (Lipinski definition) is 2. The highest BCUT2D eigenvalue weighted by atomic mass is 16.1. The Morgan fingerprint density at radius 1 is 1.17 bits per heavy atom. The largest absolute Gasteiger partial charge is 0.370 e. The van der Waals surface area contributed by atoms with Gasteiger partial charge in [0.25, 0.3) is 5.91 Å². The van der Waals surface area contributed by atoms with Gasteiger partial charge in [0, 0.05) is 36.8 Å². The Morgan fingerprint density at radius 2 is 2.04 bits per heavy atom. The summed E-state index contributed by atoms with van der Waals surface area (Å²) in [6.45, 7) is 3.32. The summed E-state index contributed by atoms with van der Waals surface area (Å²) in [5, 5.41) is 6.15. The van der Waals surface area contributed by atoms with Gasteiger partial charge in [-0.1, -0.05) is 18.2 Å². The van der Waals surface area contributed by atoms with E-state index in [-0.39, 0.29) is 11.7 Å². The van der Waals surface area contributed by atoms with Gasteiger partial charge in [-0.05, 0) is 43.0 Å². The van der Waals surface area contributed by atoms with E-state index in [1.165, 1.54) is 0 Å². The van der Waals surface area contributed by atoms with Gasteiger partial charge >= 0.3 is 0 Å². The number of benzene rings is 1. The van der Waals surface area contributed by atoms with Crippen molar-refractivity contribution < 1.29 is 9.59 Å². The van der Waals surface area contributed by atoms with Gasteiger partial charge in [0.15, 0.2) is 5.78 Å². The molecule has 0 unspecified atom stereocenters. The van der Waals surface area contributed by atoms with Gasteiger partial charge in [-0.25, -0.2) is 4.98 Å². The molecule has 0 fully saturated rings. The molecule has 3 rings (SSSR count). The van der Waals surface area contributed by atoms with Crippen LogP contribution in [0, 0.1) is 6.92 Å². The van der Waals surface area contributed by atoms with E-state index in [1.807, 2.05) is 25.3 Å². The summed E-state index contributed by atoms with van der Waals surface area (Å²) in [6.07, 6.45) is 3.79. The minimum Gasteiger partial charge on any atom is -0.370 e. The molecule has 5 nitrogen and oxygen atoms in total. The molecule has 5 heteroatoms. The number of carbonyl (C=O) groups is 2. The second-order valence-corrected chi connectivity index (χ2v) is 6.01. The van der Waals surface area contributed by atoms with Gasteiger partial charge in [0.05, 0.1) is 0 Å². The van der Waals surface area contributed by atoms with Crippen molar-refractivity contribution in [3.8, 4) is 0 Å². The monoisotopic (exact) mass is 323 g/mol. The summed E-state index contributed by atoms with van der Waals surface area (Å²) >= 11 is 0. The first-order valence-electron chi connectivity index (χ1n) is 8.25. The van der Waals surface area contributed by atoms with Crippen molar-refractivity contribution in [3.05, 3.63) is 58.8 Å². The average Bonchev–Trinajstić information content (AvgIpc) is 2.97. The number of nitrogens with one attached hydrogen (secondary N) is 2. The molecule has 0 atom stereocenters. The molecule has 0 aliphatic heterocycles. The zero-order chi connectivity index (χ0) is 16.9. The highest BCUT2D eigenvalue weighted by Crippen LogP contribution is 2.25. The van der Waals surface area contributed by atoms with E-state index in [9.17, 15) is 9.59 Å². The van der Waals surface area contributed by atoms with Gasteiger partial charge in [0.2, 0.25) is 0 Å². The van der Waals surface area contributed by atoms with Gasteiger partial charge in [-0.3, -0.25) is 9.59 Å². The van der Waals surface area contributed by atoms with Crippen LogP contribution in [-0.4, -0.2) is 29.8 Å². The minimum atomic E-state index is -0.102. The smallest absolute Gasteiger partial charge is 0.251 e. The number of Topliss-reactive ketones (excluding diaryl/α,β-unsaturated/α-hetero) is 1. The molecule has 1 aliphatic carbocycles. The lowest BCUT2D eigenvalue weighted by Crippen LogP contribution is -2.26. The van der Waals surface area contributed by atoms with Crippen molar-refractivity contribution in [2.45, 2.75) is 26.2 Å². The third kappa shape index (κ3) is 3.62. The SMILES string of the molecule is Cc1ccc(NCCCNC(=O)c2cccc3c2CCC3=O)nc1. The van der Waals surface area contributed by atoms with Crippen LogP contribution >= 0.6 is 0 Å². The van der Waals surface area contributed by atoms with Crippen molar-refractivity contribution in [2.75, 3.05) is 18.4 Å². The summed E-state index contributed by atoms with van der Waals surface area (Å²) in [7, 11) is 0. The number of carbonyl (C=O) groups excluding carboxylic acids is 2. The van der Waals surface area contributed by atoms with Crippen LogP contribution < -0.4 is 10.6 Å². The number of nitrogens with zero attached hydrogens (tertiary/aromatic N) is 1. The molecule has 1 aromatic heterocycles. The molecular weight excluding hydrogens is 302 g/mol. The van der Waals surface area contributed by atoms with Crippen LogP contribution in [0.5, 0.6) is 0 Å². The first kappa shape index (κ1) is 16.2. The van der Waals surface area contributed by atoms with E-state index in [2.05, 4.69) is 15.6 Å². The predicted octanol–water partition coefficient (Wildman–Crippen LogP) is 2.75. The fourth-order valence-electron chi connectivity index (χ4n) is 2.88. The quantitative estimate of drug-likeness (QED) is 0.802. The molecule has 24 heavy (non-hydrogen) atoms. The van der Waals surface area contributed by atoms with Crippen LogP contribution in [0.25, 0.3) is 0 Å². The van der Waals surface area contributed by atoms with E-state index < -0.39 is 0 Å². The molecule has 124 valence electrons. The fourth-order valence-corrected chi connectivity index (χ4v) is 2.88. The van der Waals surface area contributed by atoms with Gasteiger partial charge < -0.3 is 10.6 Å². The number of fused-ring (bicyclic) bond motifs is 1. The van der Waals surface area contributed by atoms with E-state index in [0.717, 1.165) is 29.9 Å². The Morgan fingerprint density at radius 3 is 2.83 bits per heavy atom. The molecule has 1 aromatic carbocycles. The normalized spacial score (nSPS) is 12.8. The van der Waals surface area contributed by atoms with Crippen LogP contribution in [-0.2, 0) is 6.42 Å². The molecule has 0 saturated heterocycles. The van der Waals surface area contributed by atoms with Crippen molar-refractivity contribution >= 4 is 17.5 Å². The standard InChI is InChI=1S/C19H21N3O2/c1-13-6-9-18(22-12-13)20-10-3-11-21-19(24)16-5-2-4-15-14(16)7-8-17(15)23/h2,4-6,9,12H,3,7-8,10-11H2,1H3,(H,20,22)(H,21,24). The maximum atomic E-state index is 12.3. The number of anilines is 1. The number of aryl methyl sites for hydroxylation is 1. The lowest BCUT2D eigenvalue weighted by molar-refractivity contribution is 0.0952. The van der Waals surface area contributed by atoms with Crippen LogP contribution in [0.2, 0.25) is 0 Å². The van der Waals surface area contributed by atoms with Gasteiger partial charge in [-0.15, -0.1) is 0 Å². The van der Waals surface area contributed by atoms with E-state index >= 15 is 0 Å². The lowest BCUT2D eigenvalue weighted by atomic mass is 10.0. The summed E-state index contributed by atoms with van der Waals surface area (Å²) in [6, 6.07) is 9.33. The third-order valence-corrected chi connectivity index (χ3v) is 4.18. The predicted molar refractivity (Wildman–Crippen MR) is 93.5 cm³/mol. The molecular formula is C19H21N3O2. The summed E-state index contributed by atoms with van der Waals surface area (Å²) in [5.41, 5.74) is 3.35. The molecule has 0 saturated carbocycles. The lowest BCUT2D eigenvalue weighted by Gasteiger charge is -2.09. The maximum absolute atomic E-state index is 12.3. The molecule has 2 N–H and O–H groups in total. The number of amides is 1. The Hall–Kier alpha value is -2.69. The van der Waals surface area contributed by atoms with Crippen molar-refractivity contribution in [1.82, 2.24) is 10.3 Å². The third-order valence-electron chi connectivity index (χ3n) is 4.18. The van der Waals surface area contributed by atoms with Crippen molar-refractivity contribution in [2.24, 2.45) is 0 Å². The Balaban J connectivity index is 1.47. The van der Waals surface area contributed by atoms with Crippen LogP contribution in [0.4, 0.5) is 5.82 Å². The van der Waals surface area contributed by atoms with E-state index in [0.29, 0.717) is 30.5 Å². The van der Waals surface area contributed by atoms with Gasteiger partial charge in [-0.2, -0.15) is 0 Å². The van der Waals surface area contributed by atoms with E-state index in [4.69, 9.17) is 0 Å². The number of hydrogen-bond acceptors (Lipinski definition) is 4. The molecule has 2 aromatic rings. The maximum Gasteiger partial charge on any atom is 0.251 e. The second-order valence-electron chi connectivity index (χ2n) is 6.01. The Bertz CT molecular complexity index is 754. The van der Waals surface area contributed by atoms with Crippen LogP contribution in [0.15, 0.2) is 36.5 Å². The van der Waals surface area contributed by atoms with Crippen LogP contribution in [0.1, 0.15) is 44.7 Å². The summed E-state index contributed by atoms with van der Waals surface area (Å²) < 4.78 is 0. The number of rotatable bonds is 6. The summed E-state index contributed by atoms with van der Waals surface area (Å²) in [5.74, 6) is 0.871. The first-order chi connectivity index (χ1) is 11.6. The number of ketones is 1. The molecule has 0 spiro atoms. The molecule has 0 bridgehead atoms. The van der Waals surface area contributed by atoms with Gasteiger partial charge in [0.1, 0.15) is 5.82 Å². The number of pyridine rings is 1. The topological polar surface area (TPSA) is 71.1 Å². The second kappa shape index (κ2) is 7.25. The molecule has 0 radical (unpaired) electrons. The molecule has 1 amide bonds. The molecule has 1 heterocycles. The first-order valence-corrected chi connectivity index (χ1v) is 8.25. The molecule has 1 aliphatic rings. The Kier molecular flexibility index (Phi) is 4.89. The van der Waals surface area contributed by atoms with Crippen LogP contribution in [0.3, 0.4) is 0 Å². The summed E-state index contributed by atoms with van der Waals surface area (Å²) in [4.78, 5) is 28.4.